The lowest BCUT2D eigenvalue weighted by Gasteiger charge is -2.26. The molecule has 0 spiro atoms. The normalized spacial score (nSPS) is 14.3. The smallest absolute Gasteiger partial charge is 0.262 e. The van der Waals surface area contributed by atoms with Gasteiger partial charge in [0, 0.05) is 24.3 Å². The number of hydrogen-bond donors (Lipinski definition) is 1. The van der Waals surface area contributed by atoms with Crippen LogP contribution >= 0.6 is 0 Å². The van der Waals surface area contributed by atoms with E-state index in [1.165, 1.54) is 12.1 Å². The highest BCUT2D eigenvalue weighted by atomic mass is 19.1. The lowest BCUT2D eigenvalue weighted by Crippen LogP contribution is -2.35. The Morgan fingerprint density at radius 2 is 1.88 bits per heavy atom. The summed E-state index contributed by atoms with van der Waals surface area (Å²) < 4.78 is 18.6. The molecule has 2 amide bonds. The number of hydrogen-bond acceptors (Lipinski definition) is 3. The van der Waals surface area contributed by atoms with E-state index in [0.717, 1.165) is 25.1 Å². The van der Waals surface area contributed by atoms with Crippen molar-refractivity contribution in [2.75, 3.05) is 23.4 Å². The molecule has 130 valence electrons. The van der Waals surface area contributed by atoms with Crippen molar-refractivity contribution in [3.05, 3.63) is 54.3 Å². The van der Waals surface area contributed by atoms with E-state index in [2.05, 4.69) is 5.32 Å². The summed E-state index contributed by atoms with van der Waals surface area (Å²) in [5.74, 6) is -0.728. The Bertz CT molecular complexity index is 762. The summed E-state index contributed by atoms with van der Waals surface area (Å²) in [7, 11) is 0. The van der Waals surface area contributed by atoms with E-state index >= 15 is 0 Å². The highest BCUT2D eigenvalue weighted by Gasteiger charge is 2.19. The summed E-state index contributed by atoms with van der Waals surface area (Å²) in [5, 5.41) is 2.68. The molecular formula is C19H19FN2O3. The van der Waals surface area contributed by atoms with Crippen LogP contribution < -0.4 is 15.0 Å². The Hall–Kier alpha value is -2.89. The molecule has 1 fully saturated rings. The molecule has 0 aromatic heterocycles. The molecule has 1 heterocycles. The Balaban J connectivity index is 1.55. The van der Waals surface area contributed by atoms with E-state index in [0.29, 0.717) is 12.1 Å². The number of para-hydroxylation sites is 1. The molecule has 0 atom stereocenters. The van der Waals surface area contributed by atoms with Crippen molar-refractivity contribution >= 4 is 23.2 Å². The van der Waals surface area contributed by atoms with Crippen LogP contribution in [0.2, 0.25) is 0 Å². The van der Waals surface area contributed by atoms with Gasteiger partial charge in [-0.25, -0.2) is 4.39 Å². The van der Waals surface area contributed by atoms with E-state index in [9.17, 15) is 14.0 Å². The van der Waals surface area contributed by atoms with Crippen LogP contribution in [0.1, 0.15) is 19.3 Å². The lowest BCUT2D eigenvalue weighted by molar-refractivity contribution is -0.119. The quantitative estimate of drug-likeness (QED) is 0.906. The van der Waals surface area contributed by atoms with Crippen LogP contribution in [0.3, 0.4) is 0 Å². The van der Waals surface area contributed by atoms with Crippen LogP contribution in [0.5, 0.6) is 5.75 Å². The first-order valence-electron chi connectivity index (χ1n) is 8.21. The van der Waals surface area contributed by atoms with E-state index in [1.807, 2.05) is 0 Å². The number of benzene rings is 2. The molecule has 5 nitrogen and oxygen atoms in total. The van der Waals surface area contributed by atoms with Crippen molar-refractivity contribution in [2.45, 2.75) is 19.3 Å². The molecule has 2 aromatic rings. The van der Waals surface area contributed by atoms with Crippen molar-refractivity contribution in [3.63, 3.8) is 0 Å². The van der Waals surface area contributed by atoms with Gasteiger partial charge in [-0.2, -0.15) is 0 Å². The first-order valence-corrected chi connectivity index (χ1v) is 8.21. The van der Waals surface area contributed by atoms with Gasteiger partial charge in [-0.05, 0) is 49.2 Å². The summed E-state index contributed by atoms with van der Waals surface area (Å²) in [6, 6.07) is 13.0. The van der Waals surface area contributed by atoms with Crippen LogP contribution in [-0.2, 0) is 9.59 Å². The third kappa shape index (κ3) is 4.35. The summed E-state index contributed by atoms with van der Waals surface area (Å²) in [6.45, 7) is 0.439. The lowest BCUT2D eigenvalue weighted by atomic mass is 10.1. The number of ether oxygens (including phenoxy) is 1. The van der Waals surface area contributed by atoms with Gasteiger partial charge in [-0.1, -0.05) is 12.1 Å². The maximum Gasteiger partial charge on any atom is 0.262 e. The van der Waals surface area contributed by atoms with Gasteiger partial charge in [0.25, 0.3) is 5.91 Å². The molecule has 0 saturated carbocycles. The molecule has 1 saturated heterocycles. The minimum atomic E-state index is -0.508. The van der Waals surface area contributed by atoms with Gasteiger partial charge in [0.05, 0.1) is 0 Å². The third-order valence-corrected chi connectivity index (χ3v) is 3.98. The number of piperidine rings is 1. The molecule has 2 aromatic carbocycles. The van der Waals surface area contributed by atoms with Gasteiger partial charge < -0.3 is 15.0 Å². The molecule has 1 N–H and O–H groups in total. The summed E-state index contributed by atoms with van der Waals surface area (Å²) in [6.07, 6.45) is 2.51. The Labute approximate surface area is 145 Å². The molecular weight excluding hydrogens is 323 g/mol. The third-order valence-electron chi connectivity index (χ3n) is 3.98. The SMILES string of the molecule is O=C(COc1ccccc1F)Nc1ccc(N2CCCCC2=O)cc1. The van der Waals surface area contributed by atoms with E-state index in [4.69, 9.17) is 4.74 Å². The molecule has 0 unspecified atom stereocenters. The zero-order valence-corrected chi connectivity index (χ0v) is 13.7. The van der Waals surface area contributed by atoms with Crippen molar-refractivity contribution in [1.82, 2.24) is 0 Å². The second kappa shape index (κ2) is 7.79. The van der Waals surface area contributed by atoms with E-state index in [-0.39, 0.29) is 24.2 Å². The number of carbonyl (C=O) groups excluding carboxylic acids is 2. The first kappa shape index (κ1) is 17.0. The van der Waals surface area contributed by atoms with Gasteiger partial charge in [0.1, 0.15) is 0 Å². The maximum atomic E-state index is 13.4. The molecule has 6 heteroatoms. The van der Waals surface area contributed by atoms with Crippen molar-refractivity contribution in [3.8, 4) is 5.75 Å². The van der Waals surface area contributed by atoms with Gasteiger partial charge >= 0.3 is 0 Å². The number of nitrogens with one attached hydrogen (secondary N) is 1. The molecule has 0 bridgehead atoms. The van der Waals surface area contributed by atoms with Gasteiger partial charge in [0.15, 0.2) is 18.2 Å². The summed E-state index contributed by atoms with van der Waals surface area (Å²) in [5.41, 5.74) is 1.42. The van der Waals surface area contributed by atoms with Crippen LogP contribution in [-0.4, -0.2) is 25.0 Å². The van der Waals surface area contributed by atoms with Gasteiger partial charge in [-0.15, -0.1) is 0 Å². The average Bonchev–Trinajstić information content (AvgIpc) is 2.62. The van der Waals surface area contributed by atoms with E-state index < -0.39 is 5.82 Å². The number of amides is 2. The molecule has 1 aliphatic heterocycles. The predicted molar refractivity (Wildman–Crippen MR) is 93.2 cm³/mol. The number of rotatable bonds is 5. The highest BCUT2D eigenvalue weighted by Crippen LogP contribution is 2.22. The fraction of sp³-hybridized carbons (Fsp3) is 0.263. The number of anilines is 2. The van der Waals surface area contributed by atoms with Crippen LogP contribution in [0.25, 0.3) is 0 Å². The topological polar surface area (TPSA) is 58.6 Å². The van der Waals surface area contributed by atoms with Crippen molar-refractivity contribution in [2.24, 2.45) is 0 Å². The second-order valence-corrected chi connectivity index (χ2v) is 5.82. The van der Waals surface area contributed by atoms with Gasteiger partial charge in [-0.3, -0.25) is 9.59 Å². The minimum absolute atomic E-state index is 0.0385. The molecule has 1 aliphatic rings. The van der Waals surface area contributed by atoms with Crippen LogP contribution in [0.15, 0.2) is 48.5 Å². The van der Waals surface area contributed by atoms with Crippen molar-refractivity contribution in [1.29, 1.82) is 0 Å². The van der Waals surface area contributed by atoms with Crippen LogP contribution in [0.4, 0.5) is 15.8 Å². The largest absolute Gasteiger partial charge is 0.481 e. The van der Waals surface area contributed by atoms with E-state index in [1.54, 1.807) is 41.3 Å². The zero-order valence-electron chi connectivity index (χ0n) is 13.7. The fourth-order valence-electron chi connectivity index (χ4n) is 2.71. The molecule has 0 aliphatic carbocycles. The summed E-state index contributed by atoms with van der Waals surface area (Å²) in [4.78, 5) is 25.6. The number of nitrogens with zero attached hydrogens (tertiary/aromatic N) is 1. The second-order valence-electron chi connectivity index (χ2n) is 5.82. The molecule has 3 rings (SSSR count). The maximum absolute atomic E-state index is 13.4. The zero-order chi connectivity index (χ0) is 17.6. The Morgan fingerprint density at radius 1 is 1.12 bits per heavy atom. The number of halogens is 1. The fourth-order valence-corrected chi connectivity index (χ4v) is 2.71. The highest BCUT2D eigenvalue weighted by molar-refractivity contribution is 5.95. The summed E-state index contributed by atoms with van der Waals surface area (Å²) >= 11 is 0. The minimum Gasteiger partial charge on any atom is -0.481 e. The standard InChI is InChI=1S/C19H19FN2O3/c20-16-5-1-2-6-17(16)25-13-18(23)21-14-8-10-15(11-9-14)22-12-4-3-7-19(22)24/h1-2,5-6,8-11H,3-4,7,12-13H2,(H,21,23). The molecule has 25 heavy (non-hydrogen) atoms. The Kier molecular flexibility index (Phi) is 5.28. The number of carbonyl (C=O) groups is 2. The molecule has 0 radical (unpaired) electrons. The van der Waals surface area contributed by atoms with Gasteiger partial charge in [0.2, 0.25) is 5.91 Å². The first-order chi connectivity index (χ1) is 12.1. The Morgan fingerprint density at radius 3 is 2.60 bits per heavy atom. The van der Waals surface area contributed by atoms with Crippen molar-refractivity contribution < 1.29 is 18.7 Å². The average molecular weight is 342 g/mol. The predicted octanol–water partition coefficient (Wildman–Crippen LogP) is 3.36. The monoisotopic (exact) mass is 342 g/mol. The van der Waals surface area contributed by atoms with Crippen LogP contribution in [0, 0.1) is 5.82 Å².